The molecule has 1 aliphatic carbocycles. The third-order valence-electron chi connectivity index (χ3n) is 6.22. The second kappa shape index (κ2) is 10.9. The number of anilines is 1. The van der Waals surface area contributed by atoms with Gasteiger partial charge in [0.1, 0.15) is 11.6 Å². The molecule has 9 nitrogen and oxygen atoms in total. The molecule has 3 heterocycles. The molecule has 0 aromatic carbocycles. The van der Waals surface area contributed by atoms with Crippen molar-refractivity contribution in [2.75, 3.05) is 12.4 Å². The summed E-state index contributed by atoms with van der Waals surface area (Å²) in [4.78, 5) is 41.8. The van der Waals surface area contributed by atoms with E-state index in [4.69, 9.17) is 9.84 Å². The summed E-state index contributed by atoms with van der Waals surface area (Å²) in [7, 11) is 1.57. The van der Waals surface area contributed by atoms with Crippen molar-refractivity contribution < 1.29 is 19.4 Å². The molecule has 1 aliphatic rings. The highest BCUT2D eigenvalue weighted by Gasteiger charge is 2.40. The summed E-state index contributed by atoms with van der Waals surface area (Å²) in [6, 6.07) is 7.01. The lowest BCUT2D eigenvalue weighted by molar-refractivity contribution is -0.131. The van der Waals surface area contributed by atoms with E-state index in [1.165, 1.54) is 6.08 Å². The quantitative estimate of drug-likeness (QED) is 0.467. The summed E-state index contributed by atoms with van der Waals surface area (Å²) in [5, 5.41) is 11.8. The number of methoxy groups -OCH3 is 1. The number of aliphatic carboxylic acids is 1. The Morgan fingerprint density at radius 2 is 1.77 bits per heavy atom. The van der Waals surface area contributed by atoms with E-state index in [0.717, 1.165) is 49.3 Å². The molecule has 180 valence electrons. The first-order chi connectivity index (χ1) is 17.0. The average Bonchev–Trinajstić information content (AvgIpc) is 2.89. The van der Waals surface area contributed by atoms with E-state index in [-0.39, 0.29) is 5.91 Å². The van der Waals surface area contributed by atoms with Crippen molar-refractivity contribution in [2.24, 2.45) is 5.41 Å². The van der Waals surface area contributed by atoms with Crippen LogP contribution in [0.1, 0.15) is 43.5 Å². The van der Waals surface area contributed by atoms with Crippen LogP contribution in [0.4, 0.5) is 5.82 Å². The zero-order valence-electron chi connectivity index (χ0n) is 19.5. The molecule has 3 aromatic rings. The number of carbonyl (C=O) groups is 2. The predicted octanol–water partition coefficient (Wildman–Crippen LogP) is 4.17. The van der Waals surface area contributed by atoms with Crippen LogP contribution >= 0.6 is 0 Å². The smallest absolute Gasteiger partial charge is 0.328 e. The summed E-state index contributed by atoms with van der Waals surface area (Å²) in [5.41, 5.74) is 1.73. The monoisotopic (exact) mass is 473 g/mol. The molecular formula is C26H27N5O4. The summed E-state index contributed by atoms with van der Waals surface area (Å²) in [6.45, 7) is 0. The van der Waals surface area contributed by atoms with Crippen LogP contribution < -0.4 is 10.1 Å². The minimum Gasteiger partial charge on any atom is -0.481 e. The Morgan fingerprint density at radius 3 is 2.43 bits per heavy atom. The SMILES string of the molecule is COc1ccc(-c2cnc(CC3(C(=O)Nc4cc(/C=C/C(=O)O)ccn4)CCCCC3)nc2)cn1. The highest BCUT2D eigenvalue weighted by molar-refractivity contribution is 5.95. The van der Waals surface area contributed by atoms with Gasteiger partial charge in [-0.15, -0.1) is 0 Å². The van der Waals surface area contributed by atoms with E-state index >= 15 is 0 Å². The summed E-state index contributed by atoms with van der Waals surface area (Å²) >= 11 is 0. The number of amides is 1. The zero-order valence-corrected chi connectivity index (χ0v) is 19.5. The van der Waals surface area contributed by atoms with E-state index in [2.05, 4.69) is 25.3 Å². The van der Waals surface area contributed by atoms with Gasteiger partial charge in [-0.05, 0) is 42.7 Å². The van der Waals surface area contributed by atoms with Gasteiger partial charge in [-0.2, -0.15) is 0 Å². The van der Waals surface area contributed by atoms with Gasteiger partial charge < -0.3 is 15.2 Å². The minimum atomic E-state index is -1.04. The molecule has 0 unspecified atom stereocenters. The first kappa shape index (κ1) is 24.0. The lowest BCUT2D eigenvalue weighted by Gasteiger charge is -2.35. The van der Waals surface area contributed by atoms with Crippen LogP contribution in [-0.2, 0) is 16.0 Å². The van der Waals surface area contributed by atoms with Gasteiger partial charge >= 0.3 is 5.97 Å². The first-order valence-electron chi connectivity index (χ1n) is 11.5. The van der Waals surface area contributed by atoms with Gasteiger partial charge in [-0.1, -0.05) is 19.3 Å². The Labute approximate surface area is 203 Å². The van der Waals surface area contributed by atoms with Crippen LogP contribution in [0, 0.1) is 5.41 Å². The van der Waals surface area contributed by atoms with E-state index in [0.29, 0.717) is 29.5 Å². The van der Waals surface area contributed by atoms with Gasteiger partial charge in [0.15, 0.2) is 0 Å². The second-order valence-corrected chi connectivity index (χ2v) is 8.60. The van der Waals surface area contributed by atoms with Gasteiger partial charge in [0.2, 0.25) is 11.8 Å². The number of hydrogen-bond donors (Lipinski definition) is 2. The van der Waals surface area contributed by atoms with Gasteiger partial charge in [-0.3, -0.25) is 4.79 Å². The van der Waals surface area contributed by atoms with Gasteiger partial charge in [0.25, 0.3) is 0 Å². The number of nitrogens with zero attached hydrogens (tertiary/aromatic N) is 4. The Kier molecular flexibility index (Phi) is 7.45. The Hall–Kier alpha value is -4.14. The molecule has 4 rings (SSSR count). The molecule has 35 heavy (non-hydrogen) atoms. The number of pyridine rings is 2. The molecule has 9 heteroatoms. The van der Waals surface area contributed by atoms with E-state index in [1.807, 2.05) is 6.07 Å². The van der Waals surface area contributed by atoms with Crippen molar-refractivity contribution in [2.45, 2.75) is 38.5 Å². The maximum absolute atomic E-state index is 13.5. The molecule has 0 bridgehead atoms. The third-order valence-corrected chi connectivity index (χ3v) is 6.22. The van der Waals surface area contributed by atoms with Crippen molar-refractivity contribution >= 4 is 23.8 Å². The first-order valence-corrected chi connectivity index (χ1v) is 11.5. The minimum absolute atomic E-state index is 0.115. The number of nitrogens with one attached hydrogen (secondary N) is 1. The molecular weight excluding hydrogens is 446 g/mol. The number of carboxylic acids is 1. The number of rotatable bonds is 8. The van der Waals surface area contributed by atoms with Crippen molar-refractivity contribution in [3.8, 4) is 17.0 Å². The Morgan fingerprint density at radius 1 is 1.03 bits per heavy atom. The summed E-state index contributed by atoms with van der Waals surface area (Å²) in [6.07, 6.45) is 14.2. The topological polar surface area (TPSA) is 127 Å². The molecule has 0 aliphatic heterocycles. The third kappa shape index (κ3) is 6.06. The van der Waals surface area contributed by atoms with Gasteiger partial charge in [0, 0.05) is 54.5 Å². The van der Waals surface area contributed by atoms with Gasteiger partial charge in [-0.25, -0.2) is 24.7 Å². The number of hydrogen-bond acceptors (Lipinski definition) is 7. The average molecular weight is 474 g/mol. The second-order valence-electron chi connectivity index (χ2n) is 8.60. The molecule has 1 fully saturated rings. The lowest BCUT2D eigenvalue weighted by Crippen LogP contribution is -2.40. The largest absolute Gasteiger partial charge is 0.481 e. The van der Waals surface area contributed by atoms with Crippen molar-refractivity contribution in [3.05, 3.63) is 66.5 Å². The molecule has 1 amide bonds. The lowest BCUT2D eigenvalue weighted by atomic mass is 9.71. The maximum Gasteiger partial charge on any atom is 0.328 e. The van der Waals surface area contributed by atoms with Gasteiger partial charge in [0.05, 0.1) is 12.5 Å². The van der Waals surface area contributed by atoms with Crippen molar-refractivity contribution in [1.29, 1.82) is 0 Å². The van der Waals surface area contributed by atoms with Crippen molar-refractivity contribution in [3.63, 3.8) is 0 Å². The highest BCUT2D eigenvalue weighted by atomic mass is 16.5. The number of carbonyl (C=O) groups excluding carboxylic acids is 1. The molecule has 0 atom stereocenters. The zero-order chi connectivity index (χ0) is 24.7. The summed E-state index contributed by atoms with van der Waals surface area (Å²) in [5.74, 6) is 0.377. The number of carboxylic acid groups (broad SMARTS) is 1. The molecule has 2 N–H and O–H groups in total. The van der Waals surface area contributed by atoms with Crippen LogP contribution in [0.5, 0.6) is 5.88 Å². The van der Waals surface area contributed by atoms with Crippen LogP contribution in [0.15, 0.2) is 55.1 Å². The highest BCUT2D eigenvalue weighted by Crippen LogP contribution is 2.40. The fraction of sp³-hybridized carbons (Fsp3) is 0.308. The van der Waals surface area contributed by atoms with Crippen molar-refractivity contribution in [1.82, 2.24) is 19.9 Å². The fourth-order valence-electron chi connectivity index (χ4n) is 4.32. The number of ether oxygens (including phenoxy) is 1. The molecule has 1 saturated carbocycles. The van der Waals surface area contributed by atoms with Crippen LogP contribution in [0.3, 0.4) is 0 Å². The normalized spacial score (nSPS) is 15.0. The van der Waals surface area contributed by atoms with E-state index < -0.39 is 11.4 Å². The summed E-state index contributed by atoms with van der Waals surface area (Å²) < 4.78 is 5.10. The fourth-order valence-corrected chi connectivity index (χ4v) is 4.32. The molecule has 0 radical (unpaired) electrons. The molecule has 3 aromatic heterocycles. The van der Waals surface area contributed by atoms with E-state index in [1.54, 1.807) is 50.1 Å². The van der Waals surface area contributed by atoms with Crippen LogP contribution in [-0.4, -0.2) is 44.0 Å². The standard InChI is InChI=1S/C26H27N5O4/c1-35-23-7-6-19(15-30-23)20-16-28-22(29-17-20)14-26(10-3-2-4-11-26)25(34)31-21-13-18(9-12-27-21)5-8-24(32)33/h5-9,12-13,15-17H,2-4,10-11,14H2,1H3,(H,32,33)(H,27,31,34)/b8-5+. The van der Waals surface area contributed by atoms with E-state index in [9.17, 15) is 9.59 Å². The Balaban J connectivity index is 1.51. The predicted molar refractivity (Wildman–Crippen MR) is 131 cm³/mol. The molecule has 0 saturated heterocycles. The Bertz CT molecular complexity index is 1200. The molecule has 0 spiro atoms. The van der Waals surface area contributed by atoms with Crippen LogP contribution in [0.25, 0.3) is 17.2 Å². The number of aromatic nitrogens is 4. The van der Waals surface area contributed by atoms with Crippen LogP contribution in [0.2, 0.25) is 0 Å². The maximum atomic E-state index is 13.5.